The third-order valence-electron chi connectivity index (χ3n) is 2.65. The second-order valence-electron chi connectivity index (χ2n) is 4.47. The maximum atomic E-state index is 13.4. The Balaban J connectivity index is 2.56. The van der Waals surface area contributed by atoms with E-state index in [-0.39, 0.29) is 0 Å². The van der Waals surface area contributed by atoms with E-state index in [2.05, 4.69) is 0 Å². The molecule has 1 saturated heterocycles. The van der Waals surface area contributed by atoms with Gasteiger partial charge in [-0.2, -0.15) is 0 Å². The zero-order chi connectivity index (χ0) is 10.8. The van der Waals surface area contributed by atoms with Gasteiger partial charge in [0.2, 0.25) is 0 Å². The summed E-state index contributed by atoms with van der Waals surface area (Å²) in [5.74, 6) is -0.0642. The van der Waals surface area contributed by atoms with Crippen LogP contribution in [-0.2, 0) is 4.79 Å². The molecule has 1 rings (SSSR count). The van der Waals surface area contributed by atoms with Gasteiger partial charge in [0.25, 0.3) is 5.91 Å². The lowest BCUT2D eigenvalue weighted by molar-refractivity contribution is -0.143. The van der Waals surface area contributed by atoms with Crippen molar-refractivity contribution in [1.82, 2.24) is 4.90 Å². The molecule has 14 heavy (non-hydrogen) atoms. The topological polar surface area (TPSA) is 46.3 Å². The van der Waals surface area contributed by atoms with Crippen molar-refractivity contribution in [2.45, 2.75) is 32.4 Å². The number of likely N-dealkylation sites (tertiary alicyclic amines) is 1. The molecule has 1 amide bonds. The van der Waals surface area contributed by atoms with Crippen molar-refractivity contribution in [2.75, 3.05) is 19.6 Å². The van der Waals surface area contributed by atoms with Gasteiger partial charge in [-0.15, -0.1) is 0 Å². The minimum Gasteiger partial charge on any atom is -0.340 e. The monoisotopic (exact) mass is 202 g/mol. The van der Waals surface area contributed by atoms with Gasteiger partial charge >= 0.3 is 0 Å². The van der Waals surface area contributed by atoms with Gasteiger partial charge in [0.05, 0.1) is 0 Å². The molecule has 3 nitrogen and oxygen atoms in total. The number of hydrogen-bond donors (Lipinski definition) is 1. The van der Waals surface area contributed by atoms with Crippen LogP contribution < -0.4 is 5.73 Å². The summed E-state index contributed by atoms with van der Waals surface area (Å²) < 4.78 is 13.4. The van der Waals surface area contributed by atoms with Crippen LogP contribution in [0.2, 0.25) is 0 Å². The summed E-state index contributed by atoms with van der Waals surface area (Å²) in [6.07, 6.45) is 1.98. The standard InChI is InChI=1S/C10H19FN2O/c1-10(2,11)9(14)13-5-3-4-8(6-12)7-13/h8H,3-7,12H2,1-2H3. The maximum absolute atomic E-state index is 13.4. The van der Waals surface area contributed by atoms with Gasteiger partial charge in [-0.1, -0.05) is 0 Å². The van der Waals surface area contributed by atoms with E-state index < -0.39 is 11.6 Å². The van der Waals surface area contributed by atoms with Gasteiger partial charge in [0, 0.05) is 13.1 Å². The summed E-state index contributed by atoms with van der Waals surface area (Å²) in [6.45, 7) is 4.48. The highest BCUT2D eigenvalue weighted by atomic mass is 19.1. The Morgan fingerprint density at radius 3 is 2.79 bits per heavy atom. The van der Waals surface area contributed by atoms with E-state index in [0.717, 1.165) is 12.8 Å². The fraction of sp³-hybridized carbons (Fsp3) is 0.900. The first kappa shape index (κ1) is 11.4. The van der Waals surface area contributed by atoms with Crippen LogP contribution in [0.1, 0.15) is 26.7 Å². The molecule has 0 saturated carbocycles. The fourth-order valence-electron chi connectivity index (χ4n) is 1.82. The molecule has 1 atom stereocenters. The average molecular weight is 202 g/mol. The lowest BCUT2D eigenvalue weighted by Gasteiger charge is -2.34. The molecule has 1 unspecified atom stereocenters. The van der Waals surface area contributed by atoms with Gasteiger partial charge < -0.3 is 10.6 Å². The van der Waals surface area contributed by atoms with Crippen LogP contribution in [0.3, 0.4) is 0 Å². The summed E-state index contributed by atoms with van der Waals surface area (Å²) in [6, 6.07) is 0. The van der Waals surface area contributed by atoms with Crippen LogP contribution in [-0.4, -0.2) is 36.1 Å². The number of carbonyl (C=O) groups is 1. The Kier molecular flexibility index (Phi) is 3.48. The summed E-state index contributed by atoms with van der Waals surface area (Å²) in [5, 5.41) is 0. The first-order valence-corrected chi connectivity index (χ1v) is 5.13. The molecule has 0 aromatic rings. The second-order valence-corrected chi connectivity index (χ2v) is 4.47. The largest absolute Gasteiger partial charge is 0.340 e. The maximum Gasteiger partial charge on any atom is 0.259 e. The second kappa shape index (κ2) is 4.26. The van der Waals surface area contributed by atoms with Crippen LogP contribution >= 0.6 is 0 Å². The van der Waals surface area contributed by atoms with Crippen molar-refractivity contribution < 1.29 is 9.18 Å². The number of carbonyl (C=O) groups excluding carboxylic acids is 1. The zero-order valence-corrected chi connectivity index (χ0v) is 8.92. The Morgan fingerprint density at radius 1 is 1.64 bits per heavy atom. The first-order chi connectivity index (χ1) is 6.45. The predicted octanol–water partition coefficient (Wildman–Crippen LogP) is 0.932. The molecule has 0 aromatic carbocycles. The van der Waals surface area contributed by atoms with Crippen LogP contribution in [0.15, 0.2) is 0 Å². The SMILES string of the molecule is CC(C)(F)C(=O)N1CCCC(CN)C1. The smallest absolute Gasteiger partial charge is 0.259 e. The molecule has 1 aliphatic heterocycles. The lowest BCUT2D eigenvalue weighted by atomic mass is 9.97. The third kappa shape index (κ3) is 2.67. The molecule has 4 heteroatoms. The van der Waals surface area contributed by atoms with Crippen molar-refractivity contribution >= 4 is 5.91 Å². The zero-order valence-electron chi connectivity index (χ0n) is 8.92. The highest BCUT2D eigenvalue weighted by Crippen LogP contribution is 2.20. The predicted molar refractivity (Wildman–Crippen MR) is 53.5 cm³/mol. The van der Waals surface area contributed by atoms with Gasteiger partial charge in [0.1, 0.15) is 0 Å². The fourth-order valence-corrected chi connectivity index (χ4v) is 1.82. The summed E-state index contributed by atoms with van der Waals surface area (Å²) >= 11 is 0. The number of alkyl halides is 1. The van der Waals surface area contributed by atoms with Gasteiger partial charge in [-0.3, -0.25) is 4.79 Å². The molecule has 1 aliphatic rings. The lowest BCUT2D eigenvalue weighted by Crippen LogP contribution is -2.48. The molecule has 1 fully saturated rings. The quantitative estimate of drug-likeness (QED) is 0.724. The average Bonchev–Trinajstić information content (AvgIpc) is 2.15. The summed E-state index contributed by atoms with van der Waals surface area (Å²) in [4.78, 5) is 13.2. The van der Waals surface area contributed by atoms with Gasteiger partial charge in [-0.05, 0) is 39.2 Å². The molecule has 0 aliphatic carbocycles. The van der Waals surface area contributed by atoms with Crippen molar-refractivity contribution in [2.24, 2.45) is 11.7 Å². The van der Waals surface area contributed by atoms with E-state index in [1.807, 2.05) is 0 Å². The third-order valence-corrected chi connectivity index (χ3v) is 2.65. The van der Waals surface area contributed by atoms with Crippen molar-refractivity contribution in [3.63, 3.8) is 0 Å². The minimum atomic E-state index is -1.75. The Morgan fingerprint density at radius 2 is 2.29 bits per heavy atom. The number of hydrogen-bond acceptors (Lipinski definition) is 2. The van der Waals surface area contributed by atoms with Crippen molar-refractivity contribution in [3.8, 4) is 0 Å². The Bertz CT molecular complexity index is 213. The highest BCUT2D eigenvalue weighted by molar-refractivity contribution is 5.84. The minimum absolute atomic E-state index is 0.343. The van der Waals surface area contributed by atoms with Crippen LogP contribution in [0.4, 0.5) is 4.39 Å². The number of piperidine rings is 1. The van der Waals surface area contributed by atoms with Crippen LogP contribution in [0.25, 0.3) is 0 Å². The Labute approximate surface area is 84.4 Å². The van der Waals surface area contributed by atoms with E-state index in [1.54, 1.807) is 4.90 Å². The normalized spacial score (nSPS) is 23.7. The number of nitrogens with zero attached hydrogens (tertiary/aromatic N) is 1. The summed E-state index contributed by atoms with van der Waals surface area (Å²) in [5.41, 5.74) is 3.79. The van der Waals surface area contributed by atoms with Crippen LogP contribution in [0, 0.1) is 5.92 Å². The Hall–Kier alpha value is -0.640. The van der Waals surface area contributed by atoms with E-state index in [1.165, 1.54) is 13.8 Å². The number of halogens is 1. The molecule has 0 aromatic heterocycles. The van der Waals surface area contributed by atoms with Gasteiger partial charge in [-0.25, -0.2) is 4.39 Å². The van der Waals surface area contributed by atoms with Crippen LogP contribution in [0.5, 0.6) is 0 Å². The summed E-state index contributed by atoms with van der Waals surface area (Å²) in [7, 11) is 0. The molecular weight excluding hydrogens is 183 g/mol. The molecular formula is C10H19FN2O. The van der Waals surface area contributed by atoms with Crippen molar-refractivity contribution in [1.29, 1.82) is 0 Å². The molecule has 2 N–H and O–H groups in total. The number of nitrogens with two attached hydrogens (primary N) is 1. The number of amides is 1. The number of rotatable bonds is 2. The molecule has 0 bridgehead atoms. The molecule has 0 radical (unpaired) electrons. The van der Waals surface area contributed by atoms with E-state index >= 15 is 0 Å². The molecule has 82 valence electrons. The van der Waals surface area contributed by atoms with Gasteiger partial charge in [0.15, 0.2) is 5.67 Å². The van der Waals surface area contributed by atoms with Crippen molar-refractivity contribution in [3.05, 3.63) is 0 Å². The molecule has 0 spiro atoms. The van der Waals surface area contributed by atoms with E-state index in [9.17, 15) is 9.18 Å². The molecule has 1 heterocycles. The highest BCUT2D eigenvalue weighted by Gasteiger charge is 2.33. The van der Waals surface area contributed by atoms with E-state index in [4.69, 9.17) is 5.73 Å². The first-order valence-electron chi connectivity index (χ1n) is 5.13. The van der Waals surface area contributed by atoms with E-state index in [0.29, 0.717) is 25.6 Å².